The molecule has 7 nitrogen and oxygen atoms in total. The van der Waals surface area contributed by atoms with Gasteiger partial charge in [0.25, 0.3) is 5.91 Å². The summed E-state index contributed by atoms with van der Waals surface area (Å²) in [4.78, 5) is 29.5. The molecule has 0 unspecified atom stereocenters. The van der Waals surface area contributed by atoms with E-state index in [4.69, 9.17) is 11.5 Å². The number of carbonyl (C=O) groups is 2. The fourth-order valence-corrected chi connectivity index (χ4v) is 2.46. The van der Waals surface area contributed by atoms with Crippen LogP contribution in [0.2, 0.25) is 0 Å². The summed E-state index contributed by atoms with van der Waals surface area (Å²) in [6, 6.07) is 2.94. The van der Waals surface area contributed by atoms with Gasteiger partial charge in [-0.3, -0.25) is 4.79 Å². The van der Waals surface area contributed by atoms with Crippen LogP contribution in [-0.2, 0) is 4.74 Å². The summed E-state index contributed by atoms with van der Waals surface area (Å²) in [5, 5.41) is 0.572. The van der Waals surface area contributed by atoms with E-state index in [2.05, 4.69) is 9.72 Å². The van der Waals surface area contributed by atoms with Crippen LogP contribution in [0.4, 0.5) is 17.1 Å². The van der Waals surface area contributed by atoms with Crippen molar-refractivity contribution in [1.82, 2.24) is 4.98 Å². The minimum Gasteiger partial charge on any atom is -0.464 e. The second-order valence-corrected chi connectivity index (χ2v) is 4.54. The molecule has 1 aromatic carbocycles. The van der Waals surface area contributed by atoms with Crippen molar-refractivity contribution < 1.29 is 14.3 Å². The van der Waals surface area contributed by atoms with Crippen molar-refractivity contribution in [1.29, 1.82) is 0 Å². The van der Waals surface area contributed by atoms with E-state index in [1.165, 1.54) is 24.1 Å². The second-order valence-electron chi connectivity index (χ2n) is 4.54. The van der Waals surface area contributed by atoms with Gasteiger partial charge < -0.3 is 21.1 Å². The number of esters is 1. The number of hydrogen-bond acceptors (Lipinski definition) is 6. The number of methoxy groups -OCH3 is 1. The molecule has 0 radical (unpaired) electrons. The molecule has 0 bridgehead atoms. The lowest BCUT2D eigenvalue weighted by Gasteiger charge is -2.13. The standard InChI is InChI=1S/C13H12N4O3/c1-17-11-7(15)4-6(14)10-9(11)5(12(17)18)3-8(16-10)13(19)20-2/h3-4H,14-15H2,1-2H3. The number of hydrogen-bond donors (Lipinski definition) is 2. The molecule has 1 aromatic heterocycles. The highest BCUT2D eigenvalue weighted by molar-refractivity contribution is 6.28. The minimum absolute atomic E-state index is 0.0427. The summed E-state index contributed by atoms with van der Waals surface area (Å²) in [7, 11) is 2.86. The van der Waals surface area contributed by atoms with Gasteiger partial charge in [-0.15, -0.1) is 0 Å². The van der Waals surface area contributed by atoms with Crippen LogP contribution in [0, 0.1) is 0 Å². The Morgan fingerprint density at radius 2 is 2.00 bits per heavy atom. The molecule has 20 heavy (non-hydrogen) atoms. The largest absolute Gasteiger partial charge is 0.464 e. The third-order valence-corrected chi connectivity index (χ3v) is 3.38. The van der Waals surface area contributed by atoms with Crippen LogP contribution in [0.25, 0.3) is 10.9 Å². The predicted octanol–water partition coefficient (Wildman–Crippen LogP) is 0.776. The number of anilines is 3. The van der Waals surface area contributed by atoms with Gasteiger partial charge in [0.15, 0.2) is 0 Å². The fourth-order valence-electron chi connectivity index (χ4n) is 2.46. The summed E-state index contributed by atoms with van der Waals surface area (Å²) in [5.41, 5.74) is 13.9. The van der Waals surface area contributed by atoms with E-state index < -0.39 is 5.97 Å². The van der Waals surface area contributed by atoms with Crippen molar-refractivity contribution >= 4 is 39.8 Å². The van der Waals surface area contributed by atoms with Crippen LogP contribution in [0.5, 0.6) is 0 Å². The average Bonchev–Trinajstić information content (AvgIpc) is 2.68. The summed E-state index contributed by atoms with van der Waals surface area (Å²) in [6.07, 6.45) is 0. The highest BCUT2D eigenvalue weighted by Crippen LogP contribution is 2.42. The zero-order chi connectivity index (χ0) is 14.6. The molecule has 0 spiro atoms. The van der Waals surface area contributed by atoms with Gasteiger partial charge in [-0.2, -0.15) is 0 Å². The van der Waals surface area contributed by atoms with E-state index in [9.17, 15) is 9.59 Å². The molecule has 1 aliphatic rings. The highest BCUT2D eigenvalue weighted by Gasteiger charge is 2.32. The van der Waals surface area contributed by atoms with E-state index in [-0.39, 0.29) is 11.6 Å². The van der Waals surface area contributed by atoms with Gasteiger partial charge in [0.2, 0.25) is 0 Å². The molecular weight excluding hydrogens is 260 g/mol. The number of aromatic nitrogens is 1. The fraction of sp³-hybridized carbons (Fsp3) is 0.154. The van der Waals surface area contributed by atoms with Crippen molar-refractivity contribution in [3.05, 3.63) is 23.4 Å². The molecule has 3 rings (SSSR count). The summed E-state index contributed by atoms with van der Waals surface area (Å²) >= 11 is 0. The van der Waals surface area contributed by atoms with Crippen molar-refractivity contribution in [3.8, 4) is 0 Å². The Kier molecular flexibility index (Phi) is 2.34. The molecule has 7 heteroatoms. The number of benzene rings is 1. The third-order valence-electron chi connectivity index (χ3n) is 3.38. The van der Waals surface area contributed by atoms with Crippen LogP contribution in [0.3, 0.4) is 0 Å². The molecule has 2 heterocycles. The van der Waals surface area contributed by atoms with Crippen LogP contribution in [-0.4, -0.2) is 31.0 Å². The second kappa shape index (κ2) is 3.83. The molecular formula is C13H12N4O3. The van der Waals surface area contributed by atoms with E-state index in [0.717, 1.165) is 0 Å². The lowest BCUT2D eigenvalue weighted by Crippen LogP contribution is -2.21. The first-order valence-corrected chi connectivity index (χ1v) is 5.84. The Bertz CT molecular complexity index is 785. The number of pyridine rings is 1. The summed E-state index contributed by atoms with van der Waals surface area (Å²) in [6.45, 7) is 0. The number of nitrogens with zero attached hydrogens (tertiary/aromatic N) is 2. The Morgan fingerprint density at radius 3 is 2.65 bits per heavy atom. The molecule has 0 saturated carbocycles. The zero-order valence-electron chi connectivity index (χ0n) is 10.9. The maximum atomic E-state index is 12.3. The minimum atomic E-state index is -0.622. The first kappa shape index (κ1) is 12.2. The highest BCUT2D eigenvalue weighted by atomic mass is 16.5. The van der Waals surface area contributed by atoms with Crippen LogP contribution >= 0.6 is 0 Å². The summed E-state index contributed by atoms with van der Waals surface area (Å²) in [5.74, 6) is -0.877. The van der Waals surface area contributed by atoms with Crippen LogP contribution in [0.1, 0.15) is 20.8 Å². The zero-order valence-corrected chi connectivity index (χ0v) is 10.9. The molecule has 0 saturated heterocycles. The summed E-state index contributed by atoms with van der Waals surface area (Å²) < 4.78 is 4.64. The molecule has 4 N–H and O–H groups in total. The lowest BCUT2D eigenvalue weighted by molar-refractivity contribution is 0.0594. The van der Waals surface area contributed by atoms with E-state index in [1.807, 2.05) is 0 Å². The van der Waals surface area contributed by atoms with Gasteiger partial charge >= 0.3 is 5.97 Å². The van der Waals surface area contributed by atoms with Crippen LogP contribution in [0.15, 0.2) is 12.1 Å². The Hall–Kier alpha value is -2.83. The van der Waals surface area contributed by atoms with Gasteiger partial charge in [-0.1, -0.05) is 0 Å². The van der Waals surface area contributed by atoms with Crippen LogP contribution < -0.4 is 16.4 Å². The molecule has 2 aromatic rings. The van der Waals surface area contributed by atoms with Gasteiger partial charge in [-0.25, -0.2) is 9.78 Å². The van der Waals surface area contributed by atoms with Crippen molar-refractivity contribution in [2.24, 2.45) is 0 Å². The molecule has 0 fully saturated rings. The molecule has 102 valence electrons. The average molecular weight is 272 g/mol. The third kappa shape index (κ3) is 1.37. The monoisotopic (exact) mass is 272 g/mol. The molecule has 1 aliphatic heterocycles. The number of nitrogens with two attached hydrogens (primary N) is 2. The first-order chi connectivity index (χ1) is 9.45. The number of carbonyl (C=O) groups excluding carboxylic acids is 2. The maximum absolute atomic E-state index is 12.3. The number of nitrogen functional groups attached to an aromatic ring is 2. The van der Waals surface area contributed by atoms with E-state index in [0.29, 0.717) is 33.5 Å². The molecule has 1 amide bonds. The van der Waals surface area contributed by atoms with Crippen molar-refractivity contribution in [2.75, 3.05) is 30.5 Å². The van der Waals surface area contributed by atoms with E-state index >= 15 is 0 Å². The number of rotatable bonds is 1. The van der Waals surface area contributed by atoms with Crippen molar-refractivity contribution in [2.45, 2.75) is 0 Å². The Labute approximate surface area is 114 Å². The molecule has 0 aliphatic carbocycles. The topological polar surface area (TPSA) is 112 Å². The predicted molar refractivity (Wildman–Crippen MR) is 74.6 cm³/mol. The van der Waals surface area contributed by atoms with Gasteiger partial charge in [0.05, 0.1) is 35.3 Å². The van der Waals surface area contributed by atoms with Crippen molar-refractivity contribution in [3.63, 3.8) is 0 Å². The van der Waals surface area contributed by atoms with E-state index in [1.54, 1.807) is 7.05 Å². The first-order valence-electron chi connectivity index (χ1n) is 5.84. The number of amides is 1. The maximum Gasteiger partial charge on any atom is 0.356 e. The quantitative estimate of drug-likeness (QED) is 0.586. The SMILES string of the molecule is COC(=O)c1cc2c3c(c(N)cc(N)c3n1)N(C)C2=O. The Balaban J connectivity index is 2.46. The van der Waals surface area contributed by atoms with Gasteiger partial charge in [0.1, 0.15) is 5.69 Å². The lowest BCUT2D eigenvalue weighted by atomic mass is 10.1. The van der Waals surface area contributed by atoms with Gasteiger partial charge in [0, 0.05) is 12.4 Å². The Morgan fingerprint density at radius 1 is 1.30 bits per heavy atom. The number of ether oxygens (including phenoxy) is 1. The molecule has 0 atom stereocenters. The smallest absolute Gasteiger partial charge is 0.356 e. The van der Waals surface area contributed by atoms with Gasteiger partial charge in [-0.05, 0) is 12.1 Å². The normalized spacial score (nSPS) is 13.1.